The van der Waals surface area contributed by atoms with Crippen LogP contribution in [0.25, 0.3) is 0 Å². The zero-order valence-electron chi connectivity index (χ0n) is 14.5. The van der Waals surface area contributed by atoms with Gasteiger partial charge >= 0.3 is 11.7 Å². The van der Waals surface area contributed by atoms with E-state index in [-0.39, 0.29) is 23.5 Å². The first-order valence-corrected chi connectivity index (χ1v) is 7.91. The third-order valence-electron chi connectivity index (χ3n) is 3.54. The summed E-state index contributed by atoms with van der Waals surface area (Å²) in [5.41, 5.74) is -0.819. The quantitative estimate of drug-likeness (QED) is 0.387. The zero-order valence-corrected chi connectivity index (χ0v) is 14.5. The Morgan fingerprint density at radius 3 is 2.56 bits per heavy atom. The summed E-state index contributed by atoms with van der Waals surface area (Å²) in [6, 6.07) is 5.60. The second kappa shape index (κ2) is 8.52. The lowest BCUT2D eigenvalue weighted by Crippen LogP contribution is -2.10. The molecule has 0 spiro atoms. The number of halogens is 3. The van der Waals surface area contributed by atoms with E-state index < -0.39 is 41.0 Å². The maximum absolute atomic E-state index is 14.8. The van der Waals surface area contributed by atoms with Gasteiger partial charge in [-0.1, -0.05) is 6.07 Å². The third-order valence-corrected chi connectivity index (χ3v) is 3.54. The average molecular weight is 383 g/mol. The molecule has 2 rings (SSSR count). The van der Waals surface area contributed by atoms with Crippen LogP contribution in [0.1, 0.15) is 30.0 Å². The fourth-order valence-electron chi connectivity index (χ4n) is 2.41. The second-order valence-electron chi connectivity index (χ2n) is 5.61. The molecule has 144 valence electrons. The molecule has 0 atom stereocenters. The number of rotatable bonds is 7. The fraction of sp³-hybridized carbons (Fsp3) is 0.278. The number of nitro groups is 1. The molecule has 0 aromatic heterocycles. The average Bonchev–Trinajstić information content (AvgIpc) is 2.58. The number of hydrogen-bond acceptors (Lipinski definition) is 5. The summed E-state index contributed by atoms with van der Waals surface area (Å²) in [5, 5.41) is 11.2. The van der Waals surface area contributed by atoms with Crippen LogP contribution in [0.5, 0.6) is 11.5 Å². The lowest BCUT2D eigenvalue weighted by atomic mass is 10.1. The highest BCUT2D eigenvalue weighted by molar-refractivity contribution is 5.73. The van der Waals surface area contributed by atoms with Gasteiger partial charge in [-0.2, -0.15) is 0 Å². The number of carbonyl (C=O) groups excluding carboxylic acids is 1. The van der Waals surface area contributed by atoms with Gasteiger partial charge in [-0.15, -0.1) is 0 Å². The van der Waals surface area contributed by atoms with Crippen LogP contribution in [-0.2, 0) is 16.0 Å². The van der Waals surface area contributed by atoms with E-state index in [1.165, 1.54) is 19.1 Å². The molecule has 27 heavy (non-hydrogen) atoms. The maximum Gasteiger partial charge on any atom is 0.314 e. The van der Waals surface area contributed by atoms with Gasteiger partial charge in [0.2, 0.25) is 5.75 Å². The van der Waals surface area contributed by atoms with Crippen LogP contribution in [0.3, 0.4) is 0 Å². The molecule has 0 saturated carbocycles. The van der Waals surface area contributed by atoms with E-state index >= 15 is 0 Å². The second-order valence-corrected chi connectivity index (χ2v) is 5.61. The molecule has 6 nitrogen and oxygen atoms in total. The monoisotopic (exact) mass is 383 g/mol. The Labute approximate surface area is 152 Å². The van der Waals surface area contributed by atoms with Gasteiger partial charge in [-0.05, 0) is 37.6 Å². The van der Waals surface area contributed by atoms with Crippen molar-refractivity contribution in [1.82, 2.24) is 0 Å². The molecule has 0 fully saturated rings. The van der Waals surface area contributed by atoms with Crippen molar-refractivity contribution < 1.29 is 32.4 Å². The molecule has 0 N–H and O–H groups in total. The number of hydrogen-bond donors (Lipinski definition) is 0. The zero-order chi connectivity index (χ0) is 20.1. The summed E-state index contributed by atoms with van der Waals surface area (Å²) in [5.74, 6) is -2.78. The molecule has 0 aliphatic carbocycles. The SMILES string of the molecule is CCOC(=O)Cc1ccc([N+](=O)[O-])c(Oc2cc(C)cc(C(F)F)c2)c1F. The number of benzene rings is 2. The van der Waals surface area contributed by atoms with Crippen molar-refractivity contribution in [3.63, 3.8) is 0 Å². The minimum absolute atomic E-state index is 0.0937. The minimum atomic E-state index is -2.79. The molecule has 2 aromatic rings. The van der Waals surface area contributed by atoms with E-state index in [0.29, 0.717) is 5.56 Å². The van der Waals surface area contributed by atoms with Gasteiger partial charge < -0.3 is 9.47 Å². The molecule has 0 radical (unpaired) electrons. The van der Waals surface area contributed by atoms with Gasteiger partial charge in [0.15, 0.2) is 5.82 Å². The normalized spacial score (nSPS) is 10.7. The molecule has 0 saturated heterocycles. The first-order valence-electron chi connectivity index (χ1n) is 7.91. The van der Waals surface area contributed by atoms with E-state index in [0.717, 1.165) is 18.2 Å². The van der Waals surface area contributed by atoms with Gasteiger partial charge in [0.05, 0.1) is 18.0 Å². The van der Waals surface area contributed by atoms with Crippen molar-refractivity contribution in [2.45, 2.75) is 26.7 Å². The number of alkyl halides is 2. The Morgan fingerprint density at radius 2 is 1.96 bits per heavy atom. The Morgan fingerprint density at radius 1 is 1.26 bits per heavy atom. The fourth-order valence-corrected chi connectivity index (χ4v) is 2.41. The first kappa shape index (κ1) is 20.2. The molecular weight excluding hydrogens is 367 g/mol. The van der Waals surface area contributed by atoms with Crippen molar-refractivity contribution >= 4 is 11.7 Å². The van der Waals surface area contributed by atoms with Crippen LogP contribution < -0.4 is 4.74 Å². The van der Waals surface area contributed by atoms with Crippen molar-refractivity contribution in [3.8, 4) is 11.5 Å². The minimum Gasteiger partial charge on any atom is -0.466 e. The molecule has 0 aliphatic rings. The summed E-state index contributed by atoms with van der Waals surface area (Å²) in [6.07, 6.45) is -3.24. The molecule has 9 heteroatoms. The van der Waals surface area contributed by atoms with Crippen molar-refractivity contribution in [3.05, 3.63) is 63.0 Å². The van der Waals surface area contributed by atoms with Crippen molar-refractivity contribution in [2.24, 2.45) is 0 Å². The highest BCUT2D eigenvalue weighted by atomic mass is 19.3. The van der Waals surface area contributed by atoms with Gasteiger partial charge in [0, 0.05) is 17.2 Å². The van der Waals surface area contributed by atoms with E-state index in [1.54, 1.807) is 6.92 Å². The van der Waals surface area contributed by atoms with Crippen molar-refractivity contribution in [1.29, 1.82) is 0 Å². The van der Waals surface area contributed by atoms with E-state index in [4.69, 9.17) is 9.47 Å². The molecule has 0 bridgehead atoms. The number of aryl methyl sites for hydroxylation is 1. The Hall–Kier alpha value is -3.10. The van der Waals surface area contributed by atoms with E-state index in [9.17, 15) is 28.1 Å². The number of nitrogens with zero attached hydrogens (tertiary/aromatic N) is 1. The first-order chi connectivity index (χ1) is 12.7. The lowest BCUT2D eigenvalue weighted by molar-refractivity contribution is -0.385. The molecule has 0 aliphatic heterocycles. The highest BCUT2D eigenvalue weighted by Crippen LogP contribution is 2.37. The highest BCUT2D eigenvalue weighted by Gasteiger charge is 2.25. The summed E-state index contributed by atoms with van der Waals surface area (Å²) in [7, 11) is 0. The van der Waals surface area contributed by atoms with Gasteiger partial charge in [-0.25, -0.2) is 13.2 Å². The standard InChI is InChI=1S/C18H16F3NO5/c1-3-26-15(23)9-11-4-5-14(22(24)25)17(16(11)19)27-13-7-10(2)6-12(8-13)18(20)21/h4-8,18H,3,9H2,1-2H3. The molecule has 0 heterocycles. The predicted molar refractivity (Wildman–Crippen MR) is 89.6 cm³/mol. The summed E-state index contributed by atoms with van der Waals surface area (Å²) >= 11 is 0. The van der Waals surface area contributed by atoms with Crippen LogP contribution in [-0.4, -0.2) is 17.5 Å². The number of esters is 1. The van der Waals surface area contributed by atoms with Gasteiger partial charge in [-0.3, -0.25) is 14.9 Å². The number of nitro benzene ring substituents is 1. The van der Waals surface area contributed by atoms with Crippen LogP contribution >= 0.6 is 0 Å². The Kier molecular flexibility index (Phi) is 6.38. The smallest absolute Gasteiger partial charge is 0.314 e. The lowest BCUT2D eigenvalue weighted by Gasteiger charge is -2.12. The van der Waals surface area contributed by atoms with Crippen molar-refractivity contribution in [2.75, 3.05) is 6.61 Å². The molecular formula is C18H16F3NO5. The summed E-state index contributed by atoms with van der Waals surface area (Å²) in [4.78, 5) is 21.9. The van der Waals surface area contributed by atoms with Crippen LogP contribution in [0.4, 0.5) is 18.9 Å². The molecule has 2 aromatic carbocycles. The van der Waals surface area contributed by atoms with Gasteiger partial charge in [0.25, 0.3) is 6.43 Å². The van der Waals surface area contributed by atoms with Crippen LogP contribution in [0, 0.1) is 22.9 Å². The summed E-state index contributed by atoms with van der Waals surface area (Å²) in [6.45, 7) is 3.20. The van der Waals surface area contributed by atoms with E-state index in [1.807, 2.05) is 0 Å². The molecule has 0 amide bonds. The number of ether oxygens (including phenoxy) is 2. The Balaban J connectivity index is 2.47. The Bertz CT molecular complexity index is 870. The molecule has 0 unspecified atom stereocenters. The predicted octanol–water partition coefficient (Wildman–Crippen LogP) is 4.88. The third kappa shape index (κ3) is 4.96. The largest absolute Gasteiger partial charge is 0.466 e. The maximum atomic E-state index is 14.8. The van der Waals surface area contributed by atoms with Crippen LogP contribution in [0.2, 0.25) is 0 Å². The van der Waals surface area contributed by atoms with Crippen LogP contribution in [0.15, 0.2) is 30.3 Å². The number of carbonyl (C=O) groups is 1. The summed E-state index contributed by atoms with van der Waals surface area (Å²) < 4.78 is 50.6. The van der Waals surface area contributed by atoms with Gasteiger partial charge in [0.1, 0.15) is 5.75 Å². The van der Waals surface area contributed by atoms with E-state index in [2.05, 4.69) is 0 Å². The topological polar surface area (TPSA) is 78.7 Å².